The summed E-state index contributed by atoms with van der Waals surface area (Å²) in [6, 6.07) is 2.91. The predicted molar refractivity (Wildman–Crippen MR) is 76.6 cm³/mol. The molecule has 3 rings (SSSR count). The van der Waals surface area contributed by atoms with Gasteiger partial charge >= 0.3 is 0 Å². The number of amides is 1. The molecule has 1 amide bonds. The lowest BCUT2D eigenvalue weighted by Gasteiger charge is -2.26. The Hall–Kier alpha value is -2.24. The van der Waals surface area contributed by atoms with Crippen LogP contribution in [-0.4, -0.2) is 21.1 Å². The Morgan fingerprint density at radius 1 is 1.38 bits per heavy atom. The van der Waals surface area contributed by atoms with E-state index in [1.54, 1.807) is 12.3 Å². The minimum Gasteiger partial charge on any atom is -0.309 e. The maximum Gasteiger partial charge on any atom is 0.226 e. The van der Waals surface area contributed by atoms with E-state index in [1.807, 2.05) is 20.8 Å². The molecule has 1 aliphatic rings. The molecule has 2 N–H and O–H groups in total. The lowest BCUT2D eigenvalue weighted by Crippen LogP contribution is -2.26. The number of hydrogen-bond acceptors (Lipinski definition) is 3. The number of rotatable bonds is 1. The molecule has 2 aromatic heterocycles. The van der Waals surface area contributed by atoms with Crippen LogP contribution < -0.4 is 5.32 Å². The number of H-pyrrole nitrogens is 1. The van der Waals surface area contributed by atoms with E-state index >= 15 is 0 Å². The average molecular weight is 288 g/mol. The van der Waals surface area contributed by atoms with Crippen molar-refractivity contribution in [1.29, 1.82) is 0 Å². The maximum atomic E-state index is 14.1. The van der Waals surface area contributed by atoms with E-state index in [0.717, 1.165) is 11.3 Å². The van der Waals surface area contributed by atoms with Gasteiger partial charge in [0.1, 0.15) is 5.82 Å². The van der Waals surface area contributed by atoms with Gasteiger partial charge in [0, 0.05) is 35.2 Å². The molecule has 0 saturated heterocycles. The molecule has 0 saturated carbocycles. The lowest BCUT2D eigenvalue weighted by atomic mass is 9.81. The third-order valence-electron chi connectivity index (χ3n) is 3.67. The number of carbonyl (C=O) groups is 1. The number of aromatic amines is 1. The zero-order valence-electron chi connectivity index (χ0n) is 12.2. The van der Waals surface area contributed by atoms with Gasteiger partial charge < -0.3 is 5.32 Å². The Labute approximate surface area is 122 Å². The van der Waals surface area contributed by atoms with Gasteiger partial charge in [0.25, 0.3) is 0 Å². The summed E-state index contributed by atoms with van der Waals surface area (Å²) in [6.45, 7) is 6.13. The van der Waals surface area contributed by atoms with Gasteiger partial charge in [-0.2, -0.15) is 5.10 Å². The fourth-order valence-corrected chi connectivity index (χ4v) is 2.72. The summed E-state index contributed by atoms with van der Waals surface area (Å²) in [4.78, 5) is 16.0. The van der Waals surface area contributed by atoms with Crippen LogP contribution in [0.15, 0.2) is 18.3 Å². The number of anilines is 1. The Balaban J connectivity index is 2.19. The van der Waals surface area contributed by atoms with E-state index in [0.29, 0.717) is 11.5 Å². The molecule has 2 aromatic rings. The van der Waals surface area contributed by atoms with Gasteiger partial charge in [-0.1, -0.05) is 20.8 Å². The van der Waals surface area contributed by atoms with Crippen molar-refractivity contribution in [3.63, 3.8) is 0 Å². The summed E-state index contributed by atoms with van der Waals surface area (Å²) in [5.74, 6) is -0.511. The molecular formula is C15H17FN4O. The molecule has 0 bridgehead atoms. The zero-order valence-corrected chi connectivity index (χ0v) is 12.2. The van der Waals surface area contributed by atoms with Crippen molar-refractivity contribution < 1.29 is 9.18 Å². The van der Waals surface area contributed by atoms with Gasteiger partial charge in [-0.15, -0.1) is 0 Å². The summed E-state index contributed by atoms with van der Waals surface area (Å²) in [5.41, 5.74) is 1.83. The van der Waals surface area contributed by atoms with E-state index in [-0.39, 0.29) is 17.7 Å². The number of halogens is 1. The molecule has 1 unspecified atom stereocenters. The van der Waals surface area contributed by atoms with Crippen molar-refractivity contribution in [2.75, 3.05) is 5.32 Å². The molecule has 0 fully saturated rings. The molecule has 0 radical (unpaired) electrons. The number of aromatic nitrogens is 3. The second-order valence-electron chi connectivity index (χ2n) is 6.29. The van der Waals surface area contributed by atoms with E-state index < -0.39 is 11.7 Å². The third kappa shape index (κ3) is 2.30. The normalized spacial score (nSPS) is 18.3. The summed E-state index contributed by atoms with van der Waals surface area (Å²) < 4.78 is 14.1. The first kappa shape index (κ1) is 13.7. The highest BCUT2D eigenvalue weighted by Gasteiger charge is 2.36. The van der Waals surface area contributed by atoms with E-state index in [9.17, 15) is 9.18 Å². The van der Waals surface area contributed by atoms with Crippen LogP contribution in [0.1, 0.15) is 50.1 Å². The van der Waals surface area contributed by atoms with Crippen LogP contribution in [-0.2, 0) is 10.2 Å². The summed E-state index contributed by atoms with van der Waals surface area (Å²) >= 11 is 0. The molecule has 21 heavy (non-hydrogen) atoms. The summed E-state index contributed by atoms with van der Waals surface area (Å²) in [5, 5.41) is 9.89. The van der Waals surface area contributed by atoms with Crippen molar-refractivity contribution in [2.24, 2.45) is 0 Å². The number of nitrogens with zero attached hydrogens (tertiary/aromatic N) is 2. The largest absolute Gasteiger partial charge is 0.309 e. The maximum absolute atomic E-state index is 14.1. The smallest absolute Gasteiger partial charge is 0.226 e. The van der Waals surface area contributed by atoms with Gasteiger partial charge in [0.2, 0.25) is 5.91 Å². The molecule has 0 spiro atoms. The minimum absolute atomic E-state index is 0.170. The molecule has 0 aromatic carbocycles. The topological polar surface area (TPSA) is 70.7 Å². The number of hydrogen-bond donors (Lipinski definition) is 2. The molecular weight excluding hydrogens is 271 g/mol. The van der Waals surface area contributed by atoms with E-state index in [1.165, 1.54) is 6.07 Å². The SMILES string of the molecule is CC(C)(C)c1[nH]nc2c1C(c1ncccc1F)CC(=O)N2. The van der Waals surface area contributed by atoms with Crippen LogP contribution in [0.5, 0.6) is 0 Å². The highest BCUT2D eigenvalue weighted by atomic mass is 19.1. The van der Waals surface area contributed by atoms with Crippen LogP contribution in [0.4, 0.5) is 10.2 Å². The van der Waals surface area contributed by atoms with E-state index in [4.69, 9.17) is 0 Å². The Bertz CT molecular complexity index is 702. The highest BCUT2D eigenvalue weighted by molar-refractivity contribution is 5.94. The number of carbonyl (C=O) groups excluding carboxylic acids is 1. The fourth-order valence-electron chi connectivity index (χ4n) is 2.72. The van der Waals surface area contributed by atoms with Crippen LogP contribution in [0.3, 0.4) is 0 Å². The average Bonchev–Trinajstić information content (AvgIpc) is 2.82. The molecule has 110 valence electrons. The second kappa shape index (κ2) is 4.65. The molecule has 5 nitrogen and oxygen atoms in total. The Kier molecular flexibility index (Phi) is 3.04. The first-order valence-electron chi connectivity index (χ1n) is 6.87. The standard InChI is InChI=1S/C15H17FN4O/c1-15(2,3)13-11-8(12-9(16)5-4-6-17-12)7-10(21)18-14(11)20-19-13/h4-6,8H,7H2,1-3H3,(H2,18,19,20,21). The van der Waals surface area contributed by atoms with Crippen LogP contribution in [0, 0.1) is 5.82 Å². The second-order valence-corrected chi connectivity index (χ2v) is 6.29. The van der Waals surface area contributed by atoms with Gasteiger partial charge in [0.15, 0.2) is 5.82 Å². The van der Waals surface area contributed by atoms with Crippen LogP contribution >= 0.6 is 0 Å². The molecule has 1 atom stereocenters. The van der Waals surface area contributed by atoms with Crippen molar-refractivity contribution in [1.82, 2.24) is 15.2 Å². The first-order chi connectivity index (χ1) is 9.88. The number of pyridine rings is 1. The number of nitrogens with one attached hydrogen (secondary N) is 2. The molecule has 1 aliphatic heterocycles. The first-order valence-corrected chi connectivity index (χ1v) is 6.87. The predicted octanol–water partition coefficient (Wildman–Crippen LogP) is 2.72. The van der Waals surface area contributed by atoms with Gasteiger partial charge in [0.05, 0.1) is 5.69 Å². The Morgan fingerprint density at radius 2 is 2.14 bits per heavy atom. The van der Waals surface area contributed by atoms with E-state index in [2.05, 4.69) is 20.5 Å². The monoisotopic (exact) mass is 288 g/mol. The minimum atomic E-state index is -0.414. The van der Waals surface area contributed by atoms with Gasteiger partial charge in [-0.25, -0.2) is 4.39 Å². The summed E-state index contributed by atoms with van der Waals surface area (Å²) in [7, 11) is 0. The van der Waals surface area contributed by atoms with Crippen molar-refractivity contribution >= 4 is 11.7 Å². The van der Waals surface area contributed by atoms with Crippen LogP contribution in [0.2, 0.25) is 0 Å². The number of fused-ring (bicyclic) bond motifs is 1. The lowest BCUT2D eigenvalue weighted by molar-refractivity contribution is -0.116. The van der Waals surface area contributed by atoms with Crippen LogP contribution in [0.25, 0.3) is 0 Å². The quantitative estimate of drug-likeness (QED) is 0.847. The fraction of sp³-hybridized carbons (Fsp3) is 0.400. The van der Waals surface area contributed by atoms with Crippen molar-refractivity contribution in [3.8, 4) is 0 Å². The highest BCUT2D eigenvalue weighted by Crippen LogP contribution is 2.41. The molecule has 3 heterocycles. The molecule has 6 heteroatoms. The third-order valence-corrected chi connectivity index (χ3v) is 3.67. The van der Waals surface area contributed by atoms with Crippen molar-refractivity contribution in [2.45, 2.75) is 38.5 Å². The van der Waals surface area contributed by atoms with Gasteiger partial charge in [-0.3, -0.25) is 14.9 Å². The van der Waals surface area contributed by atoms with Crippen molar-refractivity contribution in [3.05, 3.63) is 41.1 Å². The van der Waals surface area contributed by atoms with Gasteiger partial charge in [-0.05, 0) is 12.1 Å². The Morgan fingerprint density at radius 3 is 2.81 bits per heavy atom. The molecule has 0 aliphatic carbocycles. The summed E-state index contributed by atoms with van der Waals surface area (Å²) in [6.07, 6.45) is 1.71. The zero-order chi connectivity index (χ0) is 15.2.